The van der Waals surface area contributed by atoms with E-state index in [0.29, 0.717) is 0 Å². The second-order valence-corrected chi connectivity index (χ2v) is 7.98. The maximum atomic E-state index is 5.68. The van der Waals surface area contributed by atoms with Crippen molar-refractivity contribution in [2.24, 2.45) is 0 Å². The summed E-state index contributed by atoms with van der Waals surface area (Å²) in [6.07, 6.45) is 0.199. The second-order valence-electron chi connectivity index (χ2n) is 4.73. The standard InChI is InChI=1S/C15H17Br2NOS/c1-9(2)19-11-6-4-10(5-7-11)14(18-3)13-8-12(16)15(17)20-13/h4-9,14,18H,1-3H3. The van der Waals surface area contributed by atoms with E-state index >= 15 is 0 Å². The fraction of sp³-hybridized carbons (Fsp3) is 0.333. The summed E-state index contributed by atoms with van der Waals surface area (Å²) >= 11 is 8.82. The summed E-state index contributed by atoms with van der Waals surface area (Å²) in [6.45, 7) is 4.07. The van der Waals surface area contributed by atoms with Gasteiger partial charge in [0.15, 0.2) is 0 Å². The first-order valence-electron chi connectivity index (χ1n) is 6.40. The van der Waals surface area contributed by atoms with Gasteiger partial charge in [0.2, 0.25) is 0 Å². The van der Waals surface area contributed by atoms with Gasteiger partial charge in [-0.25, -0.2) is 0 Å². The fourth-order valence-electron chi connectivity index (χ4n) is 1.99. The topological polar surface area (TPSA) is 21.3 Å². The van der Waals surface area contributed by atoms with Crippen molar-refractivity contribution < 1.29 is 4.74 Å². The van der Waals surface area contributed by atoms with Gasteiger partial charge in [0.25, 0.3) is 0 Å². The van der Waals surface area contributed by atoms with Gasteiger partial charge in [0.1, 0.15) is 5.75 Å². The van der Waals surface area contributed by atoms with Crippen molar-refractivity contribution in [2.75, 3.05) is 7.05 Å². The first-order valence-corrected chi connectivity index (χ1v) is 8.80. The normalized spacial score (nSPS) is 12.7. The predicted octanol–water partition coefficient (Wildman–Crippen LogP) is 5.37. The second kappa shape index (κ2) is 7.07. The van der Waals surface area contributed by atoms with Crippen LogP contribution in [0.3, 0.4) is 0 Å². The molecule has 108 valence electrons. The summed E-state index contributed by atoms with van der Waals surface area (Å²) in [7, 11) is 1.98. The van der Waals surface area contributed by atoms with Crippen LogP contribution in [0.5, 0.6) is 5.75 Å². The van der Waals surface area contributed by atoms with Gasteiger partial charge in [-0.1, -0.05) is 12.1 Å². The van der Waals surface area contributed by atoms with E-state index in [9.17, 15) is 0 Å². The zero-order valence-electron chi connectivity index (χ0n) is 11.6. The molecule has 20 heavy (non-hydrogen) atoms. The van der Waals surface area contributed by atoms with Crippen molar-refractivity contribution in [1.82, 2.24) is 5.32 Å². The lowest BCUT2D eigenvalue weighted by Crippen LogP contribution is -2.16. The Morgan fingerprint density at radius 1 is 1.15 bits per heavy atom. The zero-order chi connectivity index (χ0) is 14.7. The van der Waals surface area contributed by atoms with Crippen LogP contribution in [-0.4, -0.2) is 13.2 Å². The molecule has 0 saturated heterocycles. The molecule has 1 atom stereocenters. The van der Waals surface area contributed by atoms with Crippen molar-refractivity contribution in [3.8, 4) is 5.75 Å². The molecule has 1 unspecified atom stereocenters. The largest absolute Gasteiger partial charge is 0.491 e. The quantitative estimate of drug-likeness (QED) is 0.704. The van der Waals surface area contributed by atoms with Gasteiger partial charge in [-0.15, -0.1) is 11.3 Å². The Morgan fingerprint density at radius 2 is 1.80 bits per heavy atom. The van der Waals surface area contributed by atoms with Crippen LogP contribution >= 0.6 is 43.2 Å². The Morgan fingerprint density at radius 3 is 2.25 bits per heavy atom. The molecule has 1 heterocycles. The first-order chi connectivity index (χ1) is 9.51. The highest BCUT2D eigenvalue weighted by atomic mass is 79.9. The van der Waals surface area contributed by atoms with E-state index in [4.69, 9.17) is 4.74 Å². The van der Waals surface area contributed by atoms with Crippen LogP contribution in [0, 0.1) is 0 Å². The van der Waals surface area contributed by atoms with Crippen LogP contribution < -0.4 is 10.1 Å². The zero-order valence-corrected chi connectivity index (χ0v) is 15.6. The molecular weight excluding hydrogens is 402 g/mol. The molecule has 1 aromatic heterocycles. The highest BCUT2D eigenvalue weighted by molar-refractivity contribution is 9.13. The number of hydrogen-bond acceptors (Lipinski definition) is 3. The number of benzene rings is 1. The van der Waals surface area contributed by atoms with E-state index in [2.05, 4.69) is 55.4 Å². The highest BCUT2D eigenvalue weighted by Crippen LogP contribution is 2.37. The molecule has 5 heteroatoms. The third kappa shape index (κ3) is 3.85. The minimum absolute atomic E-state index is 0.190. The molecule has 1 aromatic carbocycles. The van der Waals surface area contributed by atoms with E-state index in [1.807, 2.05) is 33.0 Å². The molecule has 2 aromatic rings. The first kappa shape index (κ1) is 16.0. The van der Waals surface area contributed by atoms with Gasteiger partial charge in [-0.05, 0) is 76.5 Å². The van der Waals surface area contributed by atoms with E-state index in [-0.39, 0.29) is 12.1 Å². The van der Waals surface area contributed by atoms with Crippen molar-refractivity contribution >= 4 is 43.2 Å². The summed E-state index contributed by atoms with van der Waals surface area (Å²) in [5, 5.41) is 3.36. The summed E-state index contributed by atoms with van der Waals surface area (Å²) < 4.78 is 7.89. The van der Waals surface area contributed by atoms with Crippen molar-refractivity contribution in [3.05, 3.63) is 49.0 Å². The number of thiophene rings is 1. The molecule has 0 amide bonds. The Balaban J connectivity index is 2.23. The average molecular weight is 419 g/mol. The molecule has 0 fully saturated rings. The van der Waals surface area contributed by atoms with Crippen LogP contribution in [0.15, 0.2) is 38.6 Å². The van der Waals surface area contributed by atoms with Gasteiger partial charge in [-0.3, -0.25) is 0 Å². The van der Waals surface area contributed by atoms with Crippen LogP contribution in [0.25, 0.3) is 0 Å². The maximum Gasteiger partial charge on any atom is 0.119 e. The SMILES string of the molecule is CNC(c1ccc(OC(C)C)cc1)c1cc(Br)c(Br)s1. The van der Waals surface area contributed by atoms with Crippen LogP contribution in [0.4, 0.5) is 0 Å². The molecule has 0 bridgehead atoms. The van der Waals surface area contributed by atoms with Gasteiger partial charge in [-0.2, -0.15) is 0 Å². The van der Waals surface area contributed by atoms with Crippen LogP contribution in [0.1, 0.15) is 30.3 Å². The van der Waals surface area contributed by atoms with Crippen molar-refractivity contribution in [2.45, 2.75) is 26.0 Å². The summed E-state index contributed by atoms with van der Waals surface area (Å²) in [5.41, 5.74) is 1.23. The smallest absolute Gasteiger partial charge is 0.119 e. The van der Waals surface area contributed by atoms with E-state index in [1.165, 1.54) is 10.4 Å². The molecule has 0 spiro atoms. The number of ether oxygens (including phenoxy) is 1. The van der Waals surface area contributed by atoms with Crippen LogP contribution in [-0.2, 0) is 0 Å². The van der Waals surface area contributed by atoms with Crippen LogP contribution in [0.2, 0.25) is 0 Å². The molecule has 0 saturated carbocycles. The Bertz CT molecular complexity index is 546. The lowest BCUT2D eigenvalue weighted by molar-refractivity contribution is 0.242. The van der Waals surface area contributed by atoms with E-state index in [0.717, 1.165) is 14.0 Å². The Hall–Kier alpha value is -0.360. The van der Waals surface area contributed by atoms with Gasteiger partial charge in [0, 0.05) is 9.35 Å². The molecular formula is C15H17Br2NOS. The molecule has 1 N–H and O–H groups in total. The lowest BCUT2D eigenvalue weighted by Gasteiger charge is -2.16. The fourth-order valence-corrected chi connectivity index (χ4v) is 4.22. The molecule has 2 rings (SSSR count). The summed E-state index contributed by atoms with van der Waals surface area (Å²) in [4.78, 5) is 1.27. The summed E-state index contributed by atoms with van der Waals surface area (Å²) in [6, 6.07) is 10.6. The third-order valence-electron chi connectivity index (χ3n) is 2.82. The highest BCUT2D eigenvalue weighted by Gasteiger charge is 2.16. The van der Waals surface area contributed by atoms with Crippen molar-refractivity contribution in [1.29, 1.82) is 0 Å². The number of rotatable bonds is 5. The van der Waals surface area contributed by atoms with Gasteiger partial charge >= 0.3 is 0 Å². The van der Waals surface area contributed by atoms with Gasteiger partial charge in [0.05, 0.1) is 15.9 Å². The number of halogens is 2. The van der Waals surface area contributed by atoms with E-state index in [1.54, 1.807) is 11.3 Å². The van der Waals surface area contributed by atoms with Crippen molar-refractivity contribution in [3.63, 3.8) is 0 Å². The monoisotopic (exact) mass is 417 g/mol. The summed E-state index contributed by atoms with van der Waals surface area (Å²) in [5.74, 6) is 0.909. The average Bonchev–Trinajstić information content (AvgIpc) is 2.72. The van der Waals surface area contributed by atoms with E-state index < -0.39 is 0 Å². The molecule has 0 aliphatic heterocycles. The Kier molecular flexibility index (Phi) is 5.66. The lowest BCUT2D eigenvalue weighted by atomic mass is 10.1. The number of nitrogens with one attached hydrogen (secondary N) is 1. The molecule has 2 nitrogen and oxygen atoms in total. The molecule has 0 aliphatic carbocycles. The minimum atomic E-state index is 0.190. The third-order valence-corrected chi connectivity index (χ3v) is 6.14. The molecule has 0 radical (unpaired) electrons. The Labute approximate surface area is 140 Å². The molecule has 0 aliphatic rings. The predicted molar refractivity (Wildman–Crippen MR) is 92.8 cm³/mol. The minimum Gasteiger partial charge on any atom is -0.491 e. The van der Waals surface area contributed by atoms with Gasteiger partial charge < -0.3 is 10.1 Å². The number of hydrogen-bond donors (Lipinski definition) is 1. The maximum absolute atomic E-state index is 5.68.